The zero-order chi connectivity index (χ0) is 21.3. The van der Waals surface area contributed by atoms with Crippen LogP contribution in [0, 0.1) is 0 Å². The lowest BCUT2D eigenvalue weighted by molar-refractivity contribution is 0.172. The van der Waals surface area contributed by atoms with Crippen LogP contribution >= 0.6 is 0 Å². The molecule has 2 aromatic carbocycles. The zero-order valence-electron chi connectivity index (χ0n) is 17.2. The van der Waals surface area contributed by atoms with E-state index in [0.717, 1.165) is 5.39 Å². The molecule has 0 bridgehead atoms. The summed E-state index contributed by atoms with van der Waals surface area (Å²) in [5.41, 5.74) is 1.28. The van der Waals surface area contributed by atoms with Crippen molar-refractivity contribution in [2.75, 3.05) is 38.3 Å². The lowest BCUT2D eigenvalue weighted by Crippen LogP contribution is -2.25. The third-order valence-electron chi connectivity index (χ3n) is 5.21. The number of ether oxygens (including phenoxy) is 3. The van der Waals surface area contributed by atoms with Gasteiger partial charge >= 0.3 is 0 Å². The van der Waals surface area contributed by atoms with Crippen LogP contribution in [-0.4, -0.2) is 46.8 Å². The number of aromatic nitrogens is 1. The predicted octanol–water partition coefficient (Wildman–Crippen LogP) is 3.69. The summed E-state index contributed by atoms with van der Waals surface area (Å²) in [7, 11) is -2.26. The average Bonchev–Trinajstić information content (AvgIpc) is 2.78. The largest absolute Gasteiger partial charge is 0.497 e. The lowest BCUT2D eigenvalue weighted by Gasteiger charge is -2.26. The van der Waals surface area contributed by atoms with Gasteiger partial charge in [0, 0.05) is 30.7 Å². The number of nitrogens with zero attached hydrogens (tertiary/aromatic N) is 2. The fourth-order valence-electron chi connectivity index (χ4n) is 3.64. The summed E-state index contributed by atoms with van der Waals surface area (Å²) in [6, 6.07) is 10.0. The number of benzene rings is 2. The molecule has 0 N–H and O–H groups in total. The Morgan fingerprint density at radius 1 is 1.03 bits per heavy atom. The summed E-state index contributed by atoms with van der Waals surface area (Å²) in [4.78, 5) is 6.84. The van der Waals surface area contributed by atoms with E-state index >= 15 is 0 Å². The van der Waals surface area contributed by atoms with Crippen LogP contribution in [-0.2, 0) is 9.84 Å². The molecule has 0 radical (unpaired) electrons. The monoisotopic (exact) mass is 428 g/mol. The van der Waals surface area contributed by atoms with Crippen molar-refractivity contribution in [1.82, 2.24) is 4.98 Å². The summed E-state index contributed by atoms with van der Waals surface area (Å²) in [6.45, 7) is 6.22. The van der Waals surface area contributed by atoms with Gasteiger partial charge in [0.1, 0.15) is 23.9 Å². The Labute approximate surface area is 176 Å². The Morgan fingerprint density at radius 2 is 1.67 bits per heavy atom. The van der Waals surface area contributed by atoms with Gasteiger partial charge in [0.15, 0.2) is 11.5 Å². The second-order valence-corrected chi connectivity index (χ2v) is 8.75. The van der Waals surface area contributed by atoms with Gasteiger partial charge < -0.3 is 19.1 Å². The Hall–Kier alpha value is -3.00. The van der Waals surface area contributed by atoms with Gasteiger partial charge in [0.25, 0.3) is 0 Å². The summed E-state index contributed by atoms with van der Waals surface area (Å²) in [5, 5.41) is 0.720. The van der Waals surface area contributed by atoms with Crippen LogP contribution in [0.2, 0.25) is 0 Å². The Bertz CT molecular complexity index is 1170. The summed E-state index contributed by atoms with van der Waals surface area (Å²) < 4.78 is 43.7. The van der Waals surface area contributed by atoms with E-state index in [1.807, 2.05) is 24.8 Å². The van der Waals surface area contributed by atoms with E-state index in [2.05, 4.69) is 4.98 Å². The highest BCUT2D eigenvalue weighted by molar-refractivity contribution is 7.91. The minimum atomic E-state index is -3.80. The summed E-state index contributed by atoms with van der Waals surface area (Å²) in [5.74, 6) is 1.82. The molecule has 1 aromatic heterocycles. The maximum Gasteiger partial charge on any atom is 0.210 e. The second-order valence-electron chi connectivity index (χ2n) is 6.84. The maximum atomic E-state index is 13.6. The van der Waals surface area contributed by atoms with E-state index in [9.17, 15) is 8.42 Å². The first kappa shape index (κ1) is 20.3. The average molecular weight is 429 g/mol. The molecule has 0 fully saturated rings. The fourth-order valence-corrected chi connectivity index (χ4v) is 5.07. The van der Waals surface area contributed by atoms with Crippen molar-refractivity contribution in [3.05, 3.63) is 42.6 Å². The van der Waals surface area contributed by atoms with Crippen LogP contribution in [0.3, 0.4) is 0 Å². The molecule has 30 heavy (non-hydrogen) atoms. The molecule has 7 nitrogen and oxygen atoms in total. The molecule has 4 rings (SSSR count). The van der Waals surface area contributed by atoms with Crippen LogP contribution < -0.4 is 19.1 Å². The number of pyridine rings is 1. The van der Waals surface area contributed by atoms with Crippen molar-refractivity contribution in [2.45, 2.75) is 23.6 Å². The molecule has 1 aliphatic heterocycles. The number of sulfone groups is 1. The number of anilines is 1. The molecule has 0 aliphatic carbocycles. The number of hydrogen-bond acceptors (Lipinski definition) is 7. The number of methoxy groups -OCH3 is 1. The van der Waals surface area contributed by atoms with Crippen molar-refractivity contribution in [2.24, 2.45) is 0 Å². The fraction of sp³-hybridized carbons (Fsp3) is 0.318. The molecular formula is C22H24N2O5S. The molecule has 0 unspecified atom stereocenters. The number of rotatable bonds is 6. The highest BCUT2D eigenvalue weighted by Crippen LogP contribution is 2.41. The zero-order valence-corrected chi connectivity index (χ0v) is 18.0. The standard InChI is InChI=1S/C22H24N2O5S/c1-4-24(5-2)22-17-12-19-20(29-11-10-28-19)13-18(17)23-14-21(22)30(25,26)16-8-6-15(27-3)7-9-16/h6-9,12-14H,4-5,10-11H2,1-3H3. The normalized spacial score (nSPS) is 13.3. The van der Waals surface area contributed by atoms with Gasteiger partial charge in [-0.25, -0.2) is 8.42 Å². The summed E-state index contributed by atoms with van der Waals surface area (Å²) >= 11 is 0. The molecule has 0 saturated heterocycles. The number of fused-ring (bicyclic) bond motifs is 2. The van der Waals surface area contributed by atoms with E-state index in [1.165, 1.54) is 6.20 Å². The molecule has 2 heterocycles. The minimum Gasteiger partial charge on any atom is -0.497 e. The molecule has 8 heteroatoms. The van der Waals surface area contributed by atoms with Gasteiger partial charge in [-0.2, -0.15) is 0 Å². The first-order valence-electron chi connectivity index (χ1n) is 9.86. The topological polar surface area (TPSA) is 78.0 Å². The van der Waals surface area contributed by atoms with Crippen LogP contribution in [0.15, 0.2) is 52.4 Å². The quantitative estimate of drug-likeness (QED) is 0.592. The molecule has 3 aromatic rings. The molecule has 0 amide bonds. The van der Waals surface area contributed by atoms with Crippen LogP contribution in [0.4, 0.5) is 5.69 Å². The van der Waals surface area contributed by atoms with Gasteiger partial charge in [0.2, 0.25) is 9.84 Å². The van der Waals surface area contributed by atoms with E-state index in [-0.39, 0.29) is 9.79 Å². The Morgan fingerprint density at radius 3 is 2.27 bits per heavy atom. The second kappa shape index (κ2) is 8.02. The molecule has 0 atom stereocenters. The SMILES string of the molecule is CCN(CC)c1c(S(=O)(=O)c2ccc(OC)cc2)cnc2cc3c(cc12)OCCO3. The van der Waals surface area contributed by atoms with Gasteiger partial charge in [0.05, 0.1) is 23.2 Å². The smallest absolute Gasteiger partial charge is 0.210 e. The Balaban J connectivity index is 1.97. The van der Waals surface area contributed by atoms with Gasteiger partial charge in [-0.1, -0.05) is 0 Å². The minimum absolute atomic E-state index is 0.167. The Kier molecular flexibility index (Phi) is 5.42. The highest BCUT2D eigenvalue weighted by Gasteiger charge is 2.27. The molecule has 0 saturated carbocycles. The van der Waals surface area contributed by atoms with E-state index in [0.29, 0.717) is 54.8 Å². The van der Waals surface area contributed by atoms with Crippen LogP contribution in [0.5, 0.6) is 17.2 Å². The third-order valence-corrected chi connectivity index (χ3v) is 6.98. The highest BCUT2D eigenvalue weighted by atomic mass is 32.2. The first-order valence-corrected chi connectivity index (χ1v) is 11.3. The first-order chi connectivity index (χ1) is 14.5. The summed E-state index contributed by atoms with van der Waals surface area (Å²) in [6.07, 6.45) is 1.44. The van der Waals surface area contributed by atoms with Gasteiger partial charge in [-0.3, -0.25) is 4.98 Å². The molecule has 158 valence electrons. The maximum absolute atomic E-state index is 13.6. The van der Waals surface area contributed by atoms with E-state index in [4.69, 9.17) is 14.2 Å². The van der Waals surface area contributed by atoms with Gasteiger partial charge in [-0.05, 0) is 44.2 Å². The van der Waals surface area contributed by atoms with Crippen LogP contribution in [0.1, 0.15) is 13.8 Å². The van der Waals surface area contributed by atoms with Crippen molar-refractivity contribution in [3.63, 3.8) is 0 Å². The predicted molar refractivity (Wildman–Crippen MR) is 115 cm³/mol. The van der Waals surface area contributed by atoms with E-state index < -0.39 is 9.84 Å². The molecular weight excluding hydrogens is 404 g/mol. The van der Waals surface area contributed by atoms with Crippen molar-refractivity contribution in [3.8, 4) is 17.2 Å². The third kappa shape index (κ3) is 3.41. The van der Waals surface area contributed by atoms with Gasteiger partial charge in [-0.15, -0.1) is 0 Å². The lowest BCUT2D eigenvalue weighted by atomic mass is 10.1. The van der Waals surface area contributed by atoms with Crippen molar-refractivity contribution in [1.29, 1.82) is 0 Å². The van der Waals surface area contributed by atoms with Crippen molar-refractivity contribution >= 4 is 26.4 Å². The van der Waals surface area contributed by atoms with Crippen LogP contribution in [0.25, 0.3) is 10.9 Å². The molecule has 1 aliphatic rings. The number of hydrogen-bond donors (Lipinski definition) is 0. The molecule has 0 spiro atoms. The van der Waals surface area contributed by atoms with E-state index in [1.54, 1.807) is 37.4 Å². The van der Waals surface area contributed by atoms with Crippen molar-refractivity contribution < 1.29 is 22.6 Å².